The van der Waals surface area contributed by atoms with E-state index in [9.17, 15) is 14.7 Å². The molecule has 0 spiro atoms. The van der Waals surface area contributed by atoms with E-state index in [1.807, 2.05) is 79.0 Å². The molecule has 2 aromatic heterocycles. The molecule has 5 aromatic rings. The Hall–Kier alpha value is -4.91. The van der Waals surface area contributed by atoms with Gasteiger partial charge < -0.3 is 19.7 Å². The number of carboxylic acids is 1. The molecule has 0 unspecified atom stereocenters. The molecular weight excluding hydrogens is 490 g/mol. The van der Waals surface area contributed by atoms with Gasteiger partial charge in [0.05, 0.1) is 0 Å². The van der Waals surface area contributed by atoms with Crippen LogP contribution in [0.5, 0.6) is 0 Å². The van der Waals surface area contributed by atoms with Gasteiger partial charge in [0.1, 0.15) is 12.6 Å². The molecule has 0 radical (unpaired) electrons. The van der Waals surface area contributed by atoms with Crippen LogP contribution in [0.3, 0.4) is 0 Å². The van der Waals surface area contributed by atoms with Gasteiger partial charge in [0.15, 0.2) is 0 Å². The van der Waals surface area contributed by atoms with Crippen molar-refractivity contribution in [3.63, 3.8) is 0 Å². The molecule has 2 heterocycles. The Kier molecular flexibility index (Phi) is 6.55. The van der Waals surface area contributed by atoms with Gasteiger partial charge in [0, 0.05) is 48.4 Å². The summed E-state index contributed by atoms with van der Waals surface area (Å²) in [6.45, 7) is 0.748. The fraction of sp³-hybridized carbons (Fsp3) is 0.156. The van der Waals surface area contributed by atoms with Crippen LogP contribution in [0.15, 0.2) is 104 Å². The van der Waals surface area contributed by atoms with Crippen LogP contribution in [0.1, 0.15) is 28.2 Å². The van der Waals surface area contributed by atoms with Gasteiger partial charge in [-0.25, -0.2) is 9.59 Å². The molecule has 0 aliphatic heterocycles. The van der Waals surface area contributed by atoms with Gasteiger partial charge in [-0.05, 0) is 51.6 Å². The minimum absolute atomic E-state index is 0.0995. The number of fused-ring (bicyclic) bond motifs is 4. The van der Waals surface area contributed by atoms with Gasteiger partial charge in [0.25, 0.3) is 0 Å². The average Bonchev–Trinajstić information content (AvgIpc) is 3.47. The van der Waals surface area contributed by atoms with Crippen molar-refractivity contribution < 1.29 is 19.4 Å². The SMILES string of the molecule is O=C(N[C@@H](Cc1cn(Cc2ccncc2)c2ccccc12)C(=O)O)OCC1c2ccccc2-c2ccccc21. The van der Waals surface area contributed by atoms with Crippen LogP contribution in [-0.2, 0) is 22.5 Å². The van der Waals surface area contributed by atoms with Crippen LogP contribution in [0.25, 0.3) is 22.0 Å². The quantitative estimate of drug-likeness (QED) is 0.279. The third kappa shape index (κ3) is 4.86. The van der Waals surface area contributed by atoms with Crippen LogP contribution >= 0.6 is 0 Å². The number of alkyl carbamates (subject to hydrolysis) is 1. The lowest BCUT2D eigenvalue weighted by atomic mass is 9.98. The maximum absolute atomic E-state index is 12.8. The van der Waals surface area contributed by atoms with Crippen molar-refractivity contribution in [2.45, 2.75) is 24.9 Å². The maximum atomic E-state index is 12.8. The predicted molar refractivity (Wildman–Crippen MR) is 149 cm³/mol. The first-order chi connectivity index (χ1) is 19.1. The second-order valence-electron chi connectivity index (χ2n) is 9.72. The standard InChI is InChI=1S/C32H27N3O4/c36-31(37)29(17-22-19-35(18-21-13-15-33-16-14-21)30-12-6-5-7-23(22)30)34-32(38)39-20-28-26-10-3-1-8-24(26)25-9-2-4-11-27(25)28/h1-16,19,28-29H,17-18,20H2,(H,34,38)(H,36,37)/t29-/m0/s1. The van der Waals surface area contributed by atoms with Crippen molar-refractivity contribution in [2.24, 2.45) is 0 Å². The Labute approximate surface area is 225 Å². The first kappa shape index (κ1) is 24.4. The highest BCUT2D eigenvalue weighted by Gasteiger charge is 2.30. The summed E-state index contributed by atoms with van der Waals surface area (Å²) in [6.07, 6.45) is 4.84. The van der Waals surface area contributed by atoms with Crippen LogP contribution in [0.4, 0.5) is 4.79 Å². The Morgan fingerprint density at radius 1 is 0.897 bits per heavy atom. The van der Waals surface area contributed by atoms with Gasteiger partial charge in [-0.2, -0.15) is 0 Å². The molecule has 1 aliphatic carbocycles. The lowest BCUT2D eigenvalue weighted by Gasteiger charge is -2.17. The van der Waals surface area contributed by atoms with Crippen LogP contribution in [0, 0.1) is 0 Å². The van der Waals surface area contributed by atoms with Gasteiger partial charge >= 0.3 is 12.1 Å². The van der Waals surface area contributed by atoms with Crippen molar-refractivity contribution in [3.05, 3.63) is 126 Å². The Morgan fingerprint density at radius 3 is 2.23 bits per heavy atom. The summed E-state index contributed by atoms with van der Waals surface area (Å²) in [7, 11) is 0. The summed E-state index contributed by atoms with van der Waals surface area (Å²) in [5.41, 5.74) is 7.39. The Morgan fingerprint density at radius 2 is 1.54 bits per heavy atom. The lowest BCUT2D eigenvalue weighted by molar-refractivity contribution is -0.139. The van der Waals surface area contributed by atoms with E-state index in [2.05, 4.69) is 27.0 Å². The third-order valence-corrected chi connectivity index (χ3v) is 7.33. The highest BCUT2D eigenvalue weighted by atomic mass is 16.5. The number of rotatable bonds is 8. The largest absolute Gasteiger partial charge is 0.480 e. The molecule has 3 aromatic carbocycles. The van der Waals surface area contributed by atoms with Crippen molar-refractivity contribution in [1.29, 1.82) is 0 Å². The second kappa shape index (κ2) is 10.5. The zero-order valence-electron chi connectivity index (χ0n) is 21.2. The summed E-state index contributed by atoms with van der Waals surface area (Å²) in [6, 6.07) is 26.8. The number of aliphatic carboxylic acids is 1. The fourth-order valence-electron chi connectivity index (χ4n) is 5.50. The fourth-order valence-corrected chi connectivity index (χ4v) is 5.50. The summed E-state index contributed by atoms with van der Waals surface area (Å²) in [5, 5.41) is 13.5. The minimum Gasteiger partial charge on any atom is -0.480 e. The number of hydrogen-bond donors (Lipinski definition) is 2. The number of hydrogen-bond acceptors (Lipinski definition) is 4. The smallest absolute Gasteiger partial charge is 0.407 e. The molecule has 39 heavy (non-hydrogen) atoms. The van der Waals surface area contributed by atoms with Crippen LogP contribution in [0.2, 0.25) is 0 Å². The molecule has 7 heteroatoms. The molecule has 2 N–H and O–H groups in total. The van der Waals surface area contributed by atoms with Crippen molar-refractivity contribution in [3.8, 4) is 11.1 Å². The van der Waals surface area contributed by atoms with Gasteiger partial charge in [-0.1, -0.05) is 66.7 Å². The molecule has 6 rings (SSSR count). The van der Waals surface area contributed by atoms with E-state index >= 15 is 0 Å². The Balaban J connectivity index is 1.17. The summed E-state index contributed by atoms with van der Waals surface area (Å²) < 4.78 is 7.69. The van der Waals surface area contributed by atoms with Gasteiger partial charge in [0.2, 0.25) is 0 Å². The monoisotopic (exact) mass is 517 g/mol. The molecule has 0 fully saturated rings. The summed E-state index contributed by atoms with van der Waals surface area (Å²) in [5.74, 6) is -1.22. The molecule has 0 saturated carbocycles. The first-order valence-electron chi connectivity index (χ1n) is 12.9. The number of carboxylic acid groups (broad SMARTS) is 1. The zero-order valence-corrected chi connectivity index (χ0v) is 21.2. The van der Waals surface area contributed by atoms with Crippen LogP contribution in [-0.4, -0.2) is 39.4 Å². The zero-order chi connectivity index (χ0) is 26.8. The highest BCUT2D eigenvalue weighted by Crippen LogP contribution is 2.44. The first-order valence-corrected chi connectivity index (χ1v) is 12.9. The highest BCUT2D eigenvalue weighted by molar-refractivity contribution is 5.86. The minimum atomic E-state index is -1.14. The summed E-state index contributed by atoms with van der Waals surface area (Å²) in [4.78, 5) is 29.1. The maximum Gasteiger partial charge on any atom is 0.407 e. The van der Waals surface area contributed by atoms with Crippen LogP contribution < -0.4 is 5.32 Å². The van der Waals surface area contributed by atoms with E-state index < -0.39 is 18.1 Å². The average molecular weight is 518 g/mol. The van der Waals surface area contributed by atoms with E-state index in [1.165, 1.54) is 0 Å². The number of ether oxygens (including phenoxy) is 1. The van der Waals surface area contributed by atoms with Crippen molar-refractivity contribution >= 4 is 23.0 Å². The number of nitrogens with one attached hydrogen (secondary N) is 1. The molecule has 0 bridgehead atoms. The molecule has 1 atom stereocenters. The Bertz CT molecular complexity index is 1620. The number of benzene rings is 3. The molecule has 1 amide bonds. The summed E-state index contributed by atoms with van der Waals surface area (Å²) >= 11 is 0. The number of amides is 1. The van der Waals surface area contributed by atoms with E-state index in [4.69, 9.17) is 4.74 Å². The number of carbonyl (C=O) groups is 2. The molecule has 0 saturated heterocycles. The van der Waals surface area contributed by atoms with E-state index in [1.54, 1.807) is 12.4 Å². The number of pyridine rings is 1. The number of para-hydroxylation sites is 1. The van der Waals surface area contributed by atoms with Crippen molar-refractivity contribution in [2.75, 3.05) is 6.61 Å². The normalized spacial score (nSPS) is 13.0. The predicted octanol–water partition coefficient (Wildman–Crippen LogP) is 5.62. The molecule has 7 nitrogen and oxygen atoms in total. The van der Waals surface area contributed by atoms with E-state index in [-0.39, 0.29) is 18.9 Å². The lowest BCUT2D eigenvalue weighted by Crippen LogP contribution is -2.42. The van der Waals surface area contributed by atoms with E-state index in [0.29, 0.717) is 6.54 Å². The number of nitrogens with zero attached hydrogens (tertiary/aromatic N) is 2. The second-order valence-corrected chi connectivity index (χ2v) is 9.72. The van der Waals surface area contributed by atoms with E-state index in [0.717, 1.165) is 44.3 Å². The number of aromatic nitrogens is 2. The molecule has 194 valence electrons. The third-order valence-electron chi connectivity index (χ3n) is 7.33. The topological polar surface area (TPSA) is 93.5 Å². The van der Waals surface area contributed by atoms with Crippen molar-refractivity contribution in [1.82, 2.24) is 14.9 Å². The van der Waals surface area contributed by atoms with Gasteiger partial charge in [-0.15, -0.1) is 0 Å². The number of carbonyl (C=O) groups excluding carboxylic acids is 1. The van der Waals surface area contributed by atoms with Gasteiger partial charge in [-0.3, -0.25) is 4.98 Å². The molecule has 1 aliphatic rings. The molecular formula is C32H27N3O4.